The minimum Gasteiger partial charge on any atom is -0.370 e. The molecule has 1 aromatic heterocycles. The van der Waals surface area contributed by atoms with Crippen LogP contribution in [0.15, 0.2) is 17.4 Å². The summed E-state index contributed by atoms with van der Waals surface area (Å²) < 4.78 is 0. The summed E-state index contributed by atoms with van der Waals surface area (Å²) in [6.45, 7) is 1.54. The highest BCUT2D eigenvalue weighted by Gasteiger charge is 2.04. The molecule has 0 fully saturated rings. The molecule has 0 spiro atoms. The largest absolute Gasteiger partial charge is 0.370 e. The molecular formula is C12H23N5O2S3. The second-order valence-corrected chi connectivity index (χ2v) is 6.58. The number of nitrogens with zero attached hydrogens (tertiary/aromatic N) is 3. The van der Waals surface area contributed by atoms with Crippen molar-refractivity contribution in [2.45, 2.75) is 12.3 Å². The number of thiazole rings is 1. The van der Waals surface area contributed by atoms with Crippen LogP contribution in [-0.2, 0) is 12.3 Å². The first-order chi connectivity index (χ1) is 10.0. The topological polar surface area (TPSA) is 83.3 Å². The fourth-order valence-electron chi connectivity index (χ4n) is 1.50. The average molecular weight is 366 g/mol. The number of hydrogen-bond donors (Lipinski definition) is 2. The van der Waals surface area contributed by atoms with Gasteiger partial charge in [0.05, 0.1) is 10.6 Å². The van der Waals surface area contributed by atoms with Gasteiger partial charge in [-0.1, -0.05) is 0 Å². The lowest BCUT2D eigenvalue weighted by Crippen LogP contribution is -2.26. The third kappa shape index (κ3) is 9.13. The van der Waals surface area contributed by atoms with Crippen LogP contribution in [0, 0.1) is 10.1 Å². The fourth-order valence-corrected chi connectivity index (χ4v) is 3.26. The van der Waals surface area contributed by atoms with Crippen LogP contribution >= 0.6 is 36.6 Å². The standard InChI is InChI=1S/C12H21N5O2S2.H2S/c1-13-11(6-17(18)19)14-4-5-20-8-10-9-21-12(15-10)7-16(2)3;/h6,9,13-14H,4-5,7-8H2,1-3H3;1H2/b11-6+;. The summed E-state index contributed by atoms with van der Waals surface area (Å²) in [5.41, 5.74) is 1.09. The molecule has 0 unspecified atom stereocenters. The summed E-state index contributed by atoms with van der Waals surface area (Å²) >= 11 is 3.43. The van der Waals surface area contributed by atoms with E-state index in [9.17, 15) is 10.1 Å². The monoisotopic (exact) mass is 365 g/mol. The molecule has 0 radical (unpaired) electrons. The Hall–Kier alpha value is -0.970. The van der Waals surface area contributed by atoms with E-state index in [4.69, 9.17) is 0 Å². The van der Waals surface area contributed by atoms with Crippen molar-refractivity contribution in [1.29, 1.82) is 0 Å². The molecule has 0 aliphatic heterocycles. The normalized spacial score (nSPS) is 11.2. The van der Waals surface area contributed by atoms with Gasteiger partial charge in [0.25, 0.3) is 6.20 Å². The molecule has 0 saturated heterocycles. The van der Waals surface area contributed by atoms with Gasteiger partial charge >= 0.3 is 0 Å². The second-order valence-electron chi connectivity index (χ2n) is 4.53. The van der Waals surface area contributed by atoms with E-state index in [1.807, 2.05) is 14.1 Å². The number of nitro groups is 1. The fraction of sp³-hybridized carbons (Fsp3) is 0.583. The van der Waals surface area contributed by atoms with Crippen LogP contribution in [0.4, 0.5) is 0 Å². The Bertz CT molecular complexity index is 479. The van der Waals surface area contributed by atoms with Gasteiger partial charge in [0.2, 0.25) is 0 Å². The predicted octanol–water partition coefficient (Wildman–Crippen LogP) is 1.44. The van der Waals surface area contributed by atoms with E-state index in [1.54, 1.807) is 30.1 Å². The molecule has 0 amide bonds. The van der Waals surface area contributed by atoms with Gasteiger partial charge in [0.1, 0.15) is 5.01 Å². The van der Waals surface area contributed by atoms with Crippen LogP contribution in [0.5, 0.6) is 0 Å². The molecule has 1 rings (SSSR count). The Labute approximate surface area is 146 Å². The van der Waals surface area contributed by atoms with Gasteiger partial charge in [-0.15, -0.1) is 11.3 Å². The molecule has 0 bridgehead atoms. The number of thioether (sulfide) groups is 1. The number of rotatable bonds is 10. The highest BCUT2D eigenvalue weighted by Crippen LogP contribution is 2.16. The molecule has 1 heterocycles. The minimum atomic E-state index is -0.479. The Morgan fingerprint density at radius 3 is 2.91 bits per heavy atom. The van der Waals surface area contributed by atoms with E-state index in [2.05, 4.69) is 25.9 Å². The van der Waals surface area contributed by atoms with Crippen LogP contribution in [0.3, 0.4) is 0 Å². The Morgan fingerprint density at radius 2 is 2.32 bits per heavy atom. The average Bonchev–Trinajstić information content (AvgIpc) is 2.83. The van der Waals surface area contributed by atoms with Gasteiger partial charge in [-0.2, -0.15) is 25.3 Å². The summed E-state index contributed by atoms with van der Waals surface area (Å²) in [6, 6.07) is 0. The number of hydrogen-bond acceptors (Lipinski definition) is 8. The molecular weight excluding hydrogens is 342 g/mol. The highest BCUT2D eigenvalue weighted by molar-refractivity contribution is 7.98. The summed E-state index contributed by atoms with van der Waals surface area (Å²) in [6.07, 6.45) is 0.929. The van der Waals surface area contributed by atoms with Gasteiger partial charge in [-0.05, 0) is 14.1 Å². The third-order valence-corrected chi connectivity index (χ3v) is 4.24. The molecule has 0 aliphatic rings. The van der Waals surface area contributed by atoms with E-state index in [0.29, 0.717) is 12.4 Å². The van der Waals surface area contributed by atoms with Crippen molar-refractivity contribution >= 4 is 36.6 Å². The molecule has 7 nitrogen and oxygen atoms in total. The molecule has 2 N–H and O–H groups in total. The van der Waals surface area contributed by atoms with Crippen molar-refractivity contribution < 1.29 is 4.92 Å². The zero-order valence-corrected chi connectivity index (χ0v) is 15.6. The van der Waals surface area contributed by atoms with Crippen molar-refractivity contribution in [3.63, 3.8) is 0 Å². The van der Waals surface area contributed by atoms with Gasteiger partial charge in [0.15, 0.2) is 5.82 Å². The quantitative estimate of drug-likeness (QED) is 0.369. The molecule has 0 aliphatic carbocycles. The van der Waals surface area contributed by atoms with Crippen molar-refractivity contribution in [2.24, 2.45) is 0 Å². The molecule has 0 saturated carbocycles. The van der Waals surface area contributed by atoms with Crippen LogP contribution < -0.4 is 10.6 Å². The van der Waals surface area contributed by atoms with Crippen LogP contribution in [0.1, 0.15) is 10.7 Å². The molecule has 126 valence electrons. The van der Waals surface area contributed by atoms with Gasteiger partial charge in [0, 0.05) is 37.0 Å². The third-order valence-electron chi connectivity index (χ3n) is 2.37. The zero-order chi connectivity index (χ0) is 15.7. The van der Waals surface area contributed by atoms with Crippen LogP contribution in [0.25, 0.3) is 0 Å². The lowest BCUT2D eigenvalue weighted by molar-refractivity contribution is -0.404. The Balaban J connectivity index is 0.00000441. The van der Waals surface area contributed by atoms with E-state index in [1.165, 1.54) is 0 Å². The van der Waals surface area contributed by atoms with Crippen LogP contribution in [0.2, 0.25) is 0 Å². The molecule has 1 aromatic rings. The van der Waals surface area contributed by atoms with E-state index >= 15 is 0 Å². The molecule has 0 aromatic carbocycles. The maximum atomic E-state index is 10.4. The summed E-state index contributed by atoms with van der Waals surface area (Å²) in [5.74, 6) is 2.14. The van der Waals surface area contributed by atoms with E-state index < -0.39 is 4.92 Å². The van der Waals surface area contributed by atoms with Crippen LogP contribution in [-0.4, -0.2) is 48.2 Å². The predicted molar refractivity (Wildman–Crippen MR) is 98.2 cm³/mol. The highest BCUT2D eigenvalue weighted by atomic mass is 32.2. The maximum absolute atomic E-state index is 10.4. The van der Waals surface area contributed by atoms with E-state index in [-0.39, 0.29) is 13.5 Å². The van der Waals surface area contributed by atoms with Gasteiger partial charge in [-0.25, -0.2) is 4.98 Å². The summed E-state index contributed by atoms with van der Waals surface area (Å²) in [5, 5.41) is 19.3. The number of aromatic nitrogens is 1. The van der Waals surface area contributed by atoms with Crippen molar-refractivity contribution in [2.75, 3.05) is 33.4 Å². The molecule has 10 heteroatoms. The first-order valence-corrected chi connectivity index (χ1v) is 8.47. The van der Waals surface area contributed by atoms with Crippen molar-refractivity contribution in [3.05, 3.63) is 38.2 Å². The van der Waals surface area contributed by atoms with Crippen molar-refractivity contribution in [1.82, 2.24) is 20.5 Å². The lowest BCUT2D eigenvalue weighted by Gasteiger charge is -2.07. The zero-order valence-electron chi connectivity index (χ0n) is 13.0. The lowest BCUT2D eigenvalue weighted by atomic mass is 10.5. The van der Waals surface area contributed by atoms with Crippen molar-refractivity contribution in [3.8, 4) is 0 Å². The smallest absolute Gasteiger partial charge is 0.274 e. The van der Waals surface area contributed by atoms with Gasteiger partial charge < -0.3 is 15.5 Å². The summed E-state index contributed by atoms with van der Waals surface area (Å²) in [4.78, 5) is 16.5. The summed E-state index contributed by atoms with van der Waals surface area (Å²) in [7, 11) is 5.70. The molecule has 22 heavy (non-hydrogen) atoms. The van der Waals surface area contributed by atoms with Gasteiger partial charge in [-0.3, -0.25) is 10.1 Å². The Morgan fingerprint density at radius 1 is 1.59 bits per heavy atom. The Kier molecular flexibility index (Phi) is 11.1. The first-order valence-electron chi connectivity index (χ1n) is 6.44. The number of nitrogens with one attached hydrogen (secondary N) is 2. The maximum Gasteiger partial charge on any atom is 0.274 e. The first kappa shape index (κ1) is 21.0. The van der Waals surface area contributed by atoms with E-state index in [0.717, 1.165) is 35.0 Å². The SMILES string of the molecule is CN/C(=C\[N+](=O)[O-])NCCSCc1csc(CN(C)C)n1.S. The second kappa shape index (κ2) is 11.6. The molecule has 0 atom stereocenters. The minimum absolute atomic E-state index is 0.